The minimum atomic E-state index is -3.70. The summed E-state index contributed by atoms with van der Waals surface area (Å²) in [7, 11) is -3.70. The first-order valence-electron chi connectivity index (χ1n) is 10.2. The fourth-order valence-corrected chi connectivity index (χ4v) is 6.57. The zero-order chi connectivity index (χ0) is 22.7. The quantitative estimate of drug-likeness (QED) is 0.448. The molecule has 1 aromatic heterocycles. The molecule has 0 aliphatic carbocycles. The maximum absolute atomic E-state index is 13.0. The molecule has 0 unspecified atom stereocenters. The molecule has 0 atom stereocenters. The smallest absolute Gasteiger partial charge is 0.244 e. The molecule has 1 aliphatic rings. The number of hydrogen-bond acceptors (Lipinski definition) is 6. The Kier molecular flexibility index (Phi) is 7.27. The number of aromatic nitrogens is 1. The second-order valence-corrected chi connectivity index (χ2v) is 10.9. The second-order valence-electron chi connectivity index (χ2n) is 7.34. The molecular formula is C22H23Cl2N3O3S2. The van der Waals surface area contributed by atoms with E-state index < -0.39 is 10.0 Å². The molecule has 170 valence electrons. The number of halogens is 2. The Labute approximate surface area is 202 Å². The van der Waals surface area contributed by atoms with Crippen molar-refractivity contribution in [3.8, 4) is 5.75 Å². The molecule has 1 aliphatic heterocycles. The first-order chi connectivity index (χ1) is 15.4. The number of ether oxygens (including phenoxy) is 1. The summed E-state index contributed by atoms with van der Waals surface area (Å²) in [4.78, 5) is 6.94. The average molecular weight is 512 g/mol. The topological polar surface area (TPSA) is 62.7 Å². The predicted molar refractivity (Wildman–Crippen MR) is 130 cm³/mol. The maximum atomic E-state index is 13.0. The third-order valence-electron chi connectivity index (χ3n) is 5.18. The fourth-order valence-electron chi connectivity index (χ4n) is 3.54. The highest BCUT2D eigenvalue weighted by Gasteiger charge is 2.31. The predicted octanol–water partition coefficient (Wildman–Crippen LogP) is 4.95. The molecule has 1 saturated heterocycles. The van der Waals surface area contributed by atoms with E-state index in [2.05, 4.69) is 22.4 Å². The molecule has 0 N–H and O–H groups in total. The van der Waals surface area contributed by atoms with Gasteiger partial charge in [-0.05, 0) is 42.8 Å². The summed E-state index contributed by atoms with van der Waals surface area (Å²) < 4.78 is 33.0. The van der Waals surface area contributed by atoms with Gasteiger partial charge in [0, 0.05) is 43.0 Å². The van der Waals surface area contributed by atoms with E-state index >= 15 is 0 Å². The minimum Gasteiger partial charge on any atom is -0.494 e. The van der Waals surface area contributed by atoms with E-state index in [1.165, 1.54) is 22.0 Å². The third kappa shape index (κ3) is 5.21. The molecule has 4 rings (SSSR count). The van der Waals surface area contributed by atoms with E-state index in [0.29, 0.717) is 37.8 Å². The van der Waals surface area contributed by atoms with Gasteiger partial charge in [-0.1, -0.05) is 35.3 Å². The number of nitrogens with zero attached hydrogens (tertiary/aromatic N) is 3. The van der Waals surface area contributed by atoms with Crippen LogP contribution in [-0.2, 0) is 16.4 Å². The van der Waals surface area contributed by atoms with Crippen molar-refractivity contribution in [2.45, 2.75) is 18.2 Å². The molecule has 10 heteroatoms. The summed E-state index contributed by atoms with van der Waals surface area (Å²) >= 11 is 13.7. The molecule has 0 bridgehead atoms. The van der Waals surface area contributed by atoms with Crippen LogP contribution >= 0.6 is 34.5 Å². The standard InChI is InChI=1S/C22H23Cl2N3O3S2/c1-2-30-19-6-3-16(4-7-19)13-18-15-31-22(25-18)26-9-11-27(12-10-26)32(28,29)21-14-17(23)5-8-20(21)24/h3-8,14-15H,2,9-13H2,1H3. The van der Waals surface area contributed by atoms with Gasteiger partial charge in [0.2, 0.25) is 10.0 Å². The molecule has 1 fully saturated rings. The molecule has 0 amide bonds. The first kappa shape index (κ1) is 23.3. The van der Waals surface area contributed by atoms with E-state index in [1.807, 2.05) is 19.1 Å². The third-order valence-corrected chi connectivity index (χ3v) is 8.74. The zero-order valence-electron chi connectivity index (χ0n) is 17.5. The average Bonchev–Trinajstić information content (AvgIpc) is 3.25. The molecule has 0 spiro atoms. The lowest BCUT2D eigenvalue weighted by Crippen LogP contribution is -2.48. The molecule has 0 radical (unpaired) electrons. The van der Waals surface area contributed by atoms with E-state index in [0.717, 1.165) is 23.0 Å². The van der Waals surface area contributed by atoms with Gasteiger partial charge in [0.05, 0.1) is 17.3 Å². The number of piperazine rings is 1. The van der Waals surface area contributed by atoms with Crippen LogP contribution in [-0.4, -0.2) is 50.5 Å². The van der Waals surface area contributed by atoms with Crippen LogP contribution in [0.1, 0.15) is 18.2 Å². The van der Waals surface area contributed by atoms with Gasteiger partial charge in [-0.2, -0.15) is 4.31 Å². The van der Waals surface area contributed by atoms with Crippen LogP contribution in [0.4, 0.5) is 5.13 Å². The van der Waals surface area contributed by atoms with Crippen LogP contribution < -0.4 is 9.64 Å². The largest absolute Gasteiger partial charge is 0.494 e. The summed E-state index contributed by atoms with van der Waals surface area (Å²) in [6, 6.07) is 12.5. The van der Waals surface area contributed by atoms with Gasteiger partial charge in [0.15, 0.2) is 5.13 Å². The number of benzene rings is 2. The van der Waals surface area contributed by atoms with Crippen LogP contribution in [0.25, 0.3) is 0 Å². The lowest BCUT2D eigenvalue weighted by atomic mass is 10.1. The van der Waals surface area contributed by atoms with E-state index in [4.69, 9.17) is 32.9 Å². The van der Waals surface area contributed by atoms with Gasteiger partial charge >= 0.3 is 0 Å². The molecule has 32 heavy (non-hydrogen) atoms. The zero-order valence-corrected chi connectivity index (χ0v) is 20.6. The number of sulfonamides is 1. The summed E-state index contributed by atoms with van der Waals surface area (Å²) in [5.74, 6) is 0.863. The highest BCUT2D eigenvalue weighted by atomic mass is 35.5. The number of rotatable bonds is 7. The van der Waals surface area contributed by atoms with Gasteiger partial charge in [-0.3, -0.25) is 0 Å². The summed E-state index contributed by atoms with van der Waals surface area (Å²) in [6.07, 6.45) is 0.741. The summed E-state index contributed by atoms with van der Waals surface area (Å²) in [5, 5.41) is 3.48. The fraction of sp³-hybridized carbons (Fsp3) is 0.318. The Hall–Kier alpha value is -1.84. The van der Waals surface area contributed by atoms with Crippen LogP contribution in [0.5, 0.6) is 5.75 Å². The number of thiazole rings is 1. The summed E-state index contributed by atoms with van der Waals surface area (Å²) in [5.41, 5.74) is 2.16. The van der Waals surface area contributed by atoms with Crippen molar-refractivity contribution in [2.75, 3.05) is 37.7 Å². The Bertz CT molecular complexity index is 1180. The van der Waals surface area contributed by atoms with E-state index in [9.17, 15) is 8.42 Å². The van der Waals surface area contributed by atoms with Crippen LogP contribution in [0.2, 0.25) is 10.0 Å². The van der Waals surface area contributed by atoms with Crippen molar-refractivity contribution < 1.29 is 13.2 Å². The van der Waals surface area contributed by atoms with Gasteiger partial charge in [-0.25, -0.2) is 13.4 Å². The second kappa shape index (κ2) is 9.97. The van der Waals surface area contributed by atoms with Crippen molar-refractivity contribution in [3.63, 3.8) is 0 Å². The van der Waals surface area contributed by atoms with Crippen LogP contribution in [0.3, 0.4) is 0 Å². The lowest BCUT2D eigenvalue weighted by Gasteiger charge is -2.34. The number of anilines is 1. The summed E-state index contributed by atoms with van der Waals surface area (Å²) in [6.45, 7) is 4.46. The van der Waals surface area contributed by atoms with Crippen molar-refractivity contribution in [1.29, 1.82) is 0 Å². The van der Waals surface area contributed by atoms with Gasteiger partial charge < -0.3 is 9.64 Å². The Morgan fingerprint density at radius 2 is 1.78 bits per heavy atom. The number of hydrogen-bond donors (Lipinski definition) is 0. The van der Waals surface area contributed by atoms with E-state index in [1.54, 1.807) is 17.4 Å². The molecule has 0 saturated carbocycles. The highest BCUT2D eigenvalue weighted by Crippen LogP contribution is 2.30. The lowest BCUT2D eigenvalue weighted by molar-refractivity contribution is 0.340. The SMILES string of the molecule is CCOc1ccc(Cc2csc(N3CCN(S(=O)(=O)c4cc(Cl)ccc4Cl)CC3)n2)cc1. The first-order valence-corrected chi connectivity index (χ1v) is 13.3. The maximum Gasteiger partial charge on any atom is 0.244 e. The van der Waals surface area contributed by atoms with Crippen molar-refractivity contribution in [2.24, 2.45) is 0 Å². The molecule has 2 aromatic carbocycles. The van der Waals surface area contributed by atoms with Gasteiger partial charge in [-0.15, -0.1) is 11.3 Å². The molecule has 3 aromatic rings. The highest BCUT2D eigenvalue weighted by molar-refractivity contribution is 7.89. The minimum absolute atomic E-state index is 0.0482. The molecule has 6 nitrogen and oxygen atoms in total. The van der Waals surface area contributed by atoms with Crippen molar-refractivity contribution >= 4 is 49.7 Å². The van der Waals surface area contributed by atoms with Gasteiger partial charge in [0.1, 0.15) is 10.6 Å². The van der Waals surface area contributed by atoms with Crippen LogP contribution in [0.15, 0.2) is 52.7 Å². The monoisotopic (exact) mass is 511 g/mol. The van der Waals surface area contributed by atoms with E-state index in [-0.39, 0.29) is 9.92 Å². The molecular weight excluding hydrogens is 489 g/mol. The molecule has 2 heterocycles. The van der Waals surface area contributed by atoms with Gasteiger partial charge in [0.25, 0.3) is 0 Å². The van der Waals surface area contributed by atoms with Crippen molar-refractivity contribution in [1.82, 2.24) is 9.29 Å². The Morgan fingerprint density at radius 3 is 2.47 bits per heavy atom. The Balaban J connectivity index is 1.38. The van der Waals surface area contributed by atoms with Crippen LogP contribution in [0, 0.1) is 0 Å². The normalized spacial score (nSPS) is 15.2. The van der Waals surface area contributed by atoms with Crippen molar-refractivity contribution in [3.05, 3.63) is 69.1 Å². The Morgan fingerprint density at radius 1 is 1.06 bits per heavy atom.